The van der Waals surface area contributed by atoms with Crippen molar-refractivity contribution in [2.45, 2.75) is 6.92 Å². The van der Waals surface area contributed by atoms with E-state index in [1.807, 2.05) is 49.4 Å². The number of nitrogens with zero attached hydrogens (tertiary/aromatic N) is 1. The average Bonchev–Trinajstić information content (AvgIpc) is 3.04. The summed E-state index contributed by atoms with van der Waals surface area (Å²) < 4.78 is 18.8. The molecule has 4 rings (SSSR count). The molecule has 1 fully saturated rings. The first-order valence-corrected chi connectivity index (χ1v) is 9.65. The molecule has 1 saturated heterocycles. The molecule has 0 saturated carbocycles. The number of hydrogen-bond donors (Lipinski definition) is 1. The number of ether oxygens (including phenoxy) is 1. The van der Waals surface area contributed by atoms with Crippen LogP contribution in [0.2, 0.25) is 0 Å². The van der Waals surface area contributed by atoms with Gasteiger partial charge in [-0.1, -0.05) is 30.3 Å². The summed E-state index contributed by atoms with van der Waals surface area (Å²) in [7, 11) is 0. The fraction of sp³-hybridized carbons (Fsp3) is 0.0909. The van der Waals surface area contributed by atoms with Crippen molar-refractivity contribution in [3.05, 3.63) is 76.9 Å². The Morgan fingerprint density at radius 1 is 1.11 bits per heavy atom. The molecule has 6 heteroatoms. The molecule has 0 atom stereocenters. The second-order valence-corrected chi connectivity index (χ2v) is 7.12. The lowest BCUT2D eigenvalue weighted by Gasteiger charge is -2.11. The zero-order valence-corrected chi connectivity index (χ0v) is 15.9. The molecule has 0 spiro atoms. The molecular formula is C22H17FN2O2S. The van der Waals surface area contributed by atoms with Crippen LogP contribution >= 0.6 is 11.8 Å². The maximum Gasteiger partial charge on any atom is 0.264 e. The van der Waals surface area contributed by atoms with Crippen molar-refractivity contribution in [3.63, 3.8) is 0 Å². The number of carbonyl (C=O) groups is 1. The van der Waals surface area contributed by atoms with Gasteiger partial charge in [0, 0.05) is 5.56 Å². The highest BCUT2D eigenvalue weighted by atomic mass is 32.2. The van der Waals surface area contributed by atoms with Gasteiger partial charge in [-0.25, -0.2) is 9.38 Å². The van der Waals surface area contributed by atoms with Crippen LogP contribution in [0.3, 0.4) is 0 Å². The van der Waals surface area contributed by atoms with Gasteiger partial charge in [-0.2, -0.15) is 0 Å². The van der Waals surface area contributed by atoms with E-state index in [9.17, 15) is 9.18 Å². The van der Waals surface area contributed by atoms with Gasteiger partial charge in [0.25, 0.3) is 5.91 Å². The van der Waals surface area contributed by atoms with Gasteiger partial charge in [0.15, 0.2) is 5.17 Å². The SMILES string of the molecule is CCOc1ccc2ccccc2c1/C=C1/SC(=Nc2ccc(F)cc2)NC1=O. The number of fused-ring (bicyclic) bond motifs is 1. The normalized spacial score (nSPS) is 16.7. The molecule has 1 N–H and O–H groups in total. The van der Waals surface area contributed by atoms with Crippen molar-refractivity contribution in [3.8, 4) is 5.75 Å². The van der Waals surface area contributed by atoms with Crippen molar-refractivity contribution in [1.29, 1.82) is 0 Å². The van der Waals surface area contributed by atoms with Crippen LogP contribution in [0, 0.1) is 5.82 Å². The van der Waals surface area contributed by atoms with E-state index in [0.717, 1.165) is 22.1 Å². The van der Waals surface area contributed by atoms with E-state index in [1.54, 1.807) is 12.1 Å². The van der Waals surface area contributed by atoms with Crippen LogP contribution in [0.5, 0.6) is 5.75 Å². The molecule has 0 aliphatic carbocycles. The maximum atomic E-state index is 13.1. The van der Waals surface area contributed by atoms with Crippen molar-refractivity contribution in [1.82, 2.24) is 5.32 Å². The number of carbonyl (C=O) groups excluding carboxylic acids is 1. The predicted octanol–water partition coefficient (Wildman–Crippen LogP) is 5.27. The predicted molar refractivity (Wildman–Crippen MR) is 112 cm³/mol. The smallest absolute Gasteiger partial charge is 0.264 e. The topological polar surface area (TPSA) is 50.7 Å². The first kappa shape index (κ1) is 18.3. The summed E-state index contributed by atoms with van der Waals surface area (Å²) >= 11 is 1.25. The third kappa shape index (κ3) is 3.77. The number of nitrogens with one attached hydrogen (secondary N) is 1. The number of amides is 1. The number of hydrogen-bond acceptors (Lipinski definition) is 4. The number of benzene rings is 3. The third-order valence-corrected chi connectivity index (χ3v) is 5.12. The van der Waals surface area contributed by atoms with Crippen LogP contribution in [0.1, 0.15) is 12.5 Å². The molecular weight excluding hydrogens is 375 g/mol. The van der Waals surface area contributed by atoms with Crippen LogP contribution in [-0.4, -0.2) is 17.7 Å². The number of rotatable bonds is 4. The van der Waals surface area contributed by atoms with Gasteiger partial charge in [0.2, 0.25) is 0 Å². The summed E-state index contributed by atoms with van der Waals surface area (Å²) in [5, 5.41) is 5.30. The van der Waals surface area contributed by atoms with Gasteiger partial charge >= 0.3 is 0 Å². The molecule has 1 aliphatic heterocycles. The Morgan fingerprint density at radius 2 is 1.89 bits per heavy atom. The number of thioether (sulfide) groups is 1. The maximum absolute atomic E-state index is 13.1. The lowest BCUT2D eigenvalue weighted by molar-refractivity contribution is -0.115. The Labute approximate surface area is 166 Å². The summed E-state index contributed by atoms with van der Waals surface area (Å²) in [6.45, 7) is 2.46. The van der Waals surface area contributed by atoms with E-state index in [0.29, 0.717) is 22.4 Å². The van der Waals surface area contributed by atoms with E-state index < -0.39 is 0 Å². The minimum Gasteiger partial charge on any atom is -0.493 e. The Hall–Kier alpha value is -3.12. The minimum atomic E-state index is -0.327. The second kappa shape index (κ2) is 7.86. The Balaban J connectivity index is 1.72. The van der Waals surface area contributed by atoms with Gasteiger partial charge in [-0.05, 0) is 65.9 Å². The van der Waals surface area contributed by atoms with E-state index in [-0.39, 0.29) is 11.7 Å². The van der Waals surface area contributed by atoms with Gasteiger partial charge < -0.3 is 10.1 Å². The summed E-state index contributed by atoms with van der Waals surface area (Å²) in [6, 6.07) is 17.7. The highest BCUT2D eigenvalue weighted by Crippen LogP contribution is 2.34. The number of amidine groups is 1. The van der Waals surface area contributed by atoms with E-state index in [4.69, 9.17) is 4.74 Å². The van der Waals surface area contributed by atoms with E-state index >= 15 is 0 Å². The fourth-order valence-electron chi connectivity index (χ4n) is 2.95. The second-order valence-electron chi connectivity index (χ2n) is 6.09. The summed E-state index contributed by atoms with van der Waals surface area (Å²) in [6.07, 6.45) is 1.83. The standard InChI is InChI=1S/C22H17FN2O2S/c1-2-27-19-12-7-14-5-3-4-6-17(14)18(19)13-20-21(26)25-22(28-20)24-16-10-8-15(23)9-11-16/h3-13H,2H2,1H3,(H,24,25,26)/b20-13+. The quantitative estimate of drug-likeness (QED) is 0.616. The molecule has 0 aromatic heterocycles. The van der Waals surface area contributed by atoms with Crippen LogP contribution in [0.4, 0.5) is 10.1 Å². The van der Waals surface area contributed by atoms with E-state index in [1.165, 1.54) is 23.9 Å². The number of aliphatic imine (C=N–C) groups is 1. The Morgan fingerprint density at radius 3 is 2.68 bits per heavy atom. The Bertz CT molecular complexity index is 1110. The zero-order chi connectivity index (χ0) is 19.5. The molecule has 28 heavy (non-hydrogen) atoms. The molecule has 3 aromatic carbocycles. The molecule has 1 heterocycles. The summed E-state index contributed by atoms with van der Waals surface area (Å²) in [5.74, 6) is 0.180. The molecule has 0 unspecified atom stereocenters. The van der Waals surface area contributed by atoms with Crippen LogP contribution in [0.15, 0.2) is 70.6 Å². The van der Waals surface area contributed by atoms with E-state index in [2.05, 4.69) is 10.3 Å². The first-order chi connectivity index (χ1) is 13.6. The van der Waals surface area contributed by atoms with Crippen molar-refractivity contribution in [2.24, 2.45) is 4.99 Å². The summed E-state index contributed by atoms with van der Waals surface area (Å²) in [5.41, 5.74) is 1.44. The lowest BCUT2D eigenvalue weighted by Crippen LogP contribution is -2.19. The molecule has 1 amide bonds. The van der Waals surface area contributed by atoms with Crippen molar-refractivity contribution in [2.75, 3.05) is 6.61 Å². The summed E-state index contributed by atoms with van der Waals surface area (Å²) in [4.78, 5) is 17.4. The molecule has 0 bridgehead atoms. The third-order valence-electron chi connectivity index (χ3n) is 4.21. The average molecular weight is 392 g/mol. The fourth-order valence-corrected chi connectivity index (χ4v) is 3.77. The van der Waals surface area contributed by atoms with Crippen LogP contribution in [-0.2, 0) is 4.79 Å². The van der Waals surface area contributed by atoms with Crippen molar-refractivity contribution >= 4 is 45.4 Å². The number of halogens is 1. The molecule has 140 valence electrons. The molecule has 1 aliphatic rings. The van der Waals surface area contributed by atoms with Crippen LogP contribution < -0.4 is 10.1 Å². The zero-order valence-electron chi connectivity index (χ0n) is 15.1. The minimum absolute atomic E-state index is 0.221. The highest BCUT2D eigenvalue weighted by molar-refractivity contribution is 8.18. The van der Waals surface area contributed by atoms with Crippen LogP contribution in [0.25, 0.3) is 16.8 Å². The van der Waals surface area contributed by atoms with Gasteiger partial charge in [0.05, 0.1) is 17.2 Å². The largest absolute Gasteiger partial charge is 0.493 e. The van der Waals surface area contributed by atoms with Crippen molar-refractivity contribution < 1.29 is 13.9 Å². The molecule has 0 radical (unpaired) electrons. The Kier molecular flexibility index (Phi) is 5.12. The monoisotopic (exact) mass is 392 g/mol. The van der Waals surface area contributed by atoms with Gasteiger partial charge in [-0.3, -0.25) is 4.79 Å². The lowest BCUT2D eigenvalue weighted by atomic mass is 10.0. The first-order valence-electron chi connectivity index (χ1n) is 8.84. The van der Waals surface area contributed by atoms with Gasteiger partial charge in [-0.15, -0.1) is 0 Å². The molecule has 3 aromatic rings. The highest BCUT2D eigenvalue weighted by Gasteiger charge is 2.24. The molecule has 4 nitrogen and oxygen atoms in total. The van der Waals surface area contributed by atoms with Gasteiger partial charge in [0.1, 0.15) is 11.6 Å².